The lowest BCUT2D eigenvalue weighted by molar-refractivity contribution is -0.150. The molecule has 1 aromatic rings. The minimum Gasteiger partial charge on any atom is -0.449 e. The fraction of sp³-hybridized carbons (Fsp3) is 0.333. The Labute approximate surface area is 104 Å². The van der Waals surface area contributed by atoms with E-state index in [2.05, 4.69) is 5.32 Å². The average molecular weight is 253 g/mol. The van der Waals surface area contributed by atoms with Gasteiger partial charge in [0, 0.05) is 12.6 Å². The Morgan fingerprint density at radius 2 is 2.35 bits per heavy atom. The molecule has 0 aliphatic heterocycles. The fourth-order valence-corrected chi connectivity index (χ4v) is 1.75. The average Bonchev–Trinajstić information content (AvgIpc) is 2.79. The van der Waals surface area contributed by atoms with E-state index in [1.54, 1.807) is 24.3 Å². The second-order valence-electron chi connectivity index (χ2n) is 3.36. The molecule has 5 heteroatoms. The highest BCUT2D eigenvalue weighted by atomic mass is 32.1. The van der Waals surface area contributed by atoms with E-state index in [9.17, 15) is 9.59 Å². The molecule has 92 valence electrons. The molecule has 0 saturated heterocycles. The first-order valence-electron chi connectivity index (χ1n) is 5.32. The van der Waals surface area contributed by atoms with Gasteiger partial charge in [0.15, 0.2) is 6.10 Å². The van der Waals surface area contributed by atoms with Gasteiger partial charge in [-0.15, -0.1) is 0 Å². The molecule has 1 amide bonds. The van der Waals surface area contributed by atoms with Gasteiger partial charge in [-0.1, -0.05) is 0 Å². The lowest BCUT2D eigenvalue weighted by atomic mass is 10.3. The number of amides is 1. The van der Waals surface area contributed by atoms with Crippen LogP contribution in [-0.2, 0) is 14.3 Å². The molecule has 0 spiro atoms. The number of hydrogen-bond acceptors (Lipinski definition) is 4. The molecule has 0 aromatic carbocycles. The van der Waals surface area contributed by atoms with Gasteiger partial charge in [0.05, 0.1) is 0 Å². The van der Waals surface area contributed by atoms with E-state index in [-0.39, 0.29) is 5.91 Å². The van der Waals surface area contributed by atoms with Crippen LogP contribution in [0, 0.1) is 0 Å². The van der Waals surface area contributed by atoms with Gasteiger partial charge in [0.2, 0.25) is 0 Å². The summed E-state index contributed by atoms with van der Waals surface area (Å²) in [5.74, 6) is -0.806. The third kappa shape index (κ3) is 4.82. The van der Waals surface area contributed by atoms with Crippen molar-refractivity contribution in [1.82, 2.24) is 5.32 Å². The first kappa shape index (κ1) is 13.4. The predicted molar refractivity (Wildman–Crippen MR) is 67.6 cm³/mol. The van der Waals surface area contributed by atoms with Crippen LogP contribution in [0.5, 0.6) is 0 Å². The molecule has 17 heavy (non-hydrogen) atoms. The Bertz CT molecular complexity index is 398. The van der Waals surface area contributed by atoms with Gasteiger partial charge >= 0.3 is 5.97 Å². The summed E-state index contributed by atoms with van der Waals surface area (Å²) in [4.78, 5) is 22.7. The van der Waals surface area contributed by atoms with E-state index >= 15 is 0 Å². The van der Waals surface area contributed by atoms with Crippen molar-refractivity contribution < 1.29 is 14.3 Å². The first-order chi connectivity index (χ1) is 8.13. The molecule has 0 aliphatic rings. The number of ether oxygens (including phenoxy) is 1. The number of rotatable bonds is 5. The normalized spacial score (nSPS) is 12.4. The van der Waals surface area contributed by atoms with Crippen LogP contribution in [0.1, 0.15) is 19.4 Å². The van der Waals surface area contributed by atoms with Crippen LogP contribution in [0.15, 0.2) is 22.9 Å². The number of carbonyl (C=O) groups excluding carboxylic acids is 2. The van der Waals surface area contributed by atoms with E-state index in [1.807, 2.05) is 23.8 Å². The van der Waals surface area contributed by atoms with Gasteiger partial charge in [-0.2, -0.15) is 11.3 Å². The molecule has 1 heterocycles. The minimum absolute atomic E-state index is 0.287. The van der Waals surface area contributed by atoms with Crippen molar-refractivity contribution in [3.63, 3.8) is 0 Å². The second kappa shape index (κ2) is 6.85. The Hall–Kier alpha value is -1.62. The van der Waals surface area contributed by atoms with E-state index in [4.69, 9.17) is 4.74 Å². The number of likely N-dealkylation sites (N-methyl/N-ethyl adjacent to an activating group) is 1. The SMILES string of the molecule is CCNC(=O)[C@H](C)OC(=O)/C=C/c1ccsc1. The van der Waals surface area contributed by atoms with Crippen LogP contribution in [0.2, 0.25) is 0 Å². The molecular formula is C12H15NO3S. The fourth-order valence-electron chi connectivity index (χ4n) is 1.12. The third-order valence-corrected chi connectivity index (χ3v) is 2.67. The summed E-state index contributed by atoms with van der Waals surface area (Å²) >= 11 is 1.55. The van der Waals surface area contributed by atoms with Crippen molar-refractivity contribution in [3.8, 4) is 0 Å². The molecule has 0 bridgehead atoms. The Morgan fingerprint density at radius 3 is 2.94 bits per heavy atom. The molecule has 4 nitrogen and oxygen atoms in total. The number of thiophene rings is 1. The molecule has 0 radical (unpaired) electrons. The molecular weight excluding hydrogens is 238 g/mol. The van der Waals surface area contributed by atoms with Crippen molar-refractivity contribution in [2.45, 2.75) is 20.0 Å². The monoisotopic (exact) mass is 253 g/mol. The van der Waals surface area contributed by atoms with E-state index in [1.165, 1.54) is 6.08 Å². The van der Waals surface area contributed by atoms with Crippen LogP contribution in [0.25, 0.3) is 6.08 Å². The predicted octanol–water partition coefficient (Wildman–Crippen LogP) is 1.83. The third-order valence-electron chi connectivity index (χ3n) is 1.97. The Morgan fingerprint density at radius 1 is 1.59 bits per heavy atom. The first-order valence-corrected chi connectivity index (χ1v) is 6.26. The lowest BCUT2D eigenvalue weighted by Crippen LogP contribution is -2.35. The molecule has 1 N–H and O–H groups in total. The van der Waals surface area contributed by atoms with E-state index in [0.29, 0.717) is 6.54 Å². The summed E-state index contributed by atoms with van der Waals surface area (Å²) in [6, 6.07) is 1.89. The summed E-state index contributed by atoms with van der Waals surface area (Å²) < 4.78 is 4.93. The van der Waals surface area contributed by atoms with Crippen LogP contribution >= 0.6 is 11.3 Å². The summed E-state index contributed by atoms with van der Waals surface area (Å²) in [6.07, 6.45) is 2.20. The van der Waals surface area contributed by atoms with Gasteiger partial charge in [-0.3, -0.25) is 4.79 Å². The Kier molecular flexibility index (Phi) is 5.42. The summed E-state index contributed by atoms with van der Waals surface area (Å²) in [7, 11) is 0. The molecule has 1 aromatic heterocycles. The van der Waals surface area contributed by atoms with Crippen molar-refractivity contribution >= 4 is 29.3 Å². The van der Waals surface area contributed by atoms with E-state index in [0.717, 1.165) is 5.56 Å². The highest BCUT2D eigenvalue weighted by Gasteiger charge is 2.14. The minimum atomic E-state index is -0.769. The highest BCUT2D eigenvalue weighted by Crippen LogP contribution is 2.07. The molecule has 0 saturated carbocycles. The molecule has 1 atom stereocenters. The summed E-state index contributed by atoms with van der Waals surface area (Å²) in [6.45, 7) is 3.87. The van der Waals surface area contributed by atoms with Gasteiger partial charge in [0.1, 0.15) is 0 Å². The number of nitrogens with one attached hydrogen (secondary N) is 1. The van der Waals surface area contributed by atoms with Crippen LogP contribution in [0.4, 0.5) is 0 Å². The number of carbonyl (C=O) groups is 2. The standard InChI is InChI=1S/C12H15NO3S/c1-3-13-12(15)9(2)16-11(14)5-4-10-6-7-17-8-10/h4-9H,3H2,1-2H3,(H,13,15)/b5-4+/t9-/m0/s1. The van der Waals surface area contributed by atoms with Crippen molar-refractivity contribution in [2.24, 2.45) is 0 Å². The zero-order chi connectivity index (χ0) is 12.7. The Balaban J connectivity index is 2.41. The largest absolute Gasteiger partial charge is 0.449 e. The van der Waals surface area contributed by atoms with E-state index < -0.39 is 12.1 Å². The highest BCUT2D eigenvalue weighted by molar-refractivity contribution is 7.08. The maximum atomic E-state index is 11.4. The quantitative estimate of drug-likeness (QED) is 0.643. The van der Waals surface area contributed by atoms with Gasteiger partial charge < -0.3 is 10.1 Å². The summed E-state index contributed by atoms with van der Waals surface area (Å²) in [5.41, 5.74) is 0.942. The van der Waals surface area contributed by atoms with Crippen molar-refractivity contribution in [1.29, 1.82) is 0 Å². The summed E-state index contributed by atoms with van der Waals surface area (Å²) in [5, 5.41) is 6.41. The van der Waals surface area contributed by atoms with Gasteiger partial charge in [-0.25, -0.2) is 4.79 Å². The molecule has 0 fully saturated rings. The van der Waals surface area contributed by atoms with Crippen LogP contribution in [-0.4, -0.2) is 24.5 Å². The second-order valence-corrected chi connectivity index (χ2v) is 4.14. The van der Waals surface area contributed by atoms with Gasteiger partial charge in [0.25, 0.3) is 5.91 Å². The van der Waals surface area contributed by atoms with Crippen molar-refractivity contribution in [2.75, 3.05) is 6.54 Å². The van der Waals surface area contributed by atoms with Crippen LogP contribution in [0.3, 0.4) is 0 Å². The zero-order valence-corrected chi connectivity index (χ0v) is 10.6. The maximum Gasteiger partial charge on any atom is 0.331 e. The van der Waals surface area contributed by atoms with Gasteiger partial charge in [-0.05, 0) is 42.3 Å². The number of hydrogen-bond donors (Lipinski definition) is 1. The van der Waals surface area contributed by atoms with Crippen LogP contribution < -0.4 is 5.32 Å². The maximum absolute atomic E-state index is 11.4. The smallest absolute Gasteiger partial charge is 0.331 e. The van der Waals surface area contributed by atoms with Crippen molar-refractivity contribution in [3.05, 3.63) is 28.5 Å². The number of esters is 1. The lowest BCUT2D eigenvalue weighted by Gasteiger charge is -2.10. The molecule has 0 aliphatic carbocycles. The zero-order valence-electron chi connectivity index (χ0n) is 9.80. The molecule has 0 unspecified atom stereocenters. The topological polar surface area (TPSA) is 55.4 Å². The molecule has 1 rings (SSSR count).